The molecule has 0 aromatic heterocycles. The second-order valence-corrected chi connectivity index (χ2v) is 7.05. The Morgan fingerprint density at radius 2 is 2.00 bits per heavy atom. The monoisotopic (exact) mass is 233 g/mol. The molecule has 1 saturated carbocycles. The lowest BCUT2D eigenvalue weighted by Crippen LogP contribution is -2.70. The van der Waals surface area contributed by atoms with Gasteiger partial charge in [-0.2, -0.15) is 0 Å². The summed E-state index contributed by atoms with van der Waals surface area (Å²) in [5.74, 6) is -0.395. The average Bonchev–Trinajstić information content (AvgIpc) is 2.52. The van der Waals surface area contributed by atoms with Gasteiger partial charge >= 0.3 is 0 Å². The minimum atomic E-state index is -3.54. The molecule has 2 rings (SSSR count). The lowest BCUT2D eigenvalue weighted by molar-refractivity contribution is -0.135. The van der Waals surface area contributed by atoms with E-state index >= 15 is 0 Å². The molecule has 1 amide bonds. The van der Waals surface area contributed by atoms with Crippen molar-refractivity contribution >= 4 is 15.9 Å². The normalized spacial score (nSPS) is 37.8. The summed E-state index contributed by atoms with van der Waals surface area (Å²) in [6.07, 6.45) is 1.22. The molecule has 1 aliphatic carbocycles. The maximum atomic E-state index is 11.8. The first-order chi connectivity index (χ1) is 6.80. The summed E-state index contributed by atoms with van der Waals surface area (Å²) in [5, 5.41) is 9.59. The summed E-state index contributed by atoms with van der Waals surface area (Å²) in [6.45, 7) is 2.81. The number of amides is 1. The molecule has 2 atom stereocenters. The Morgan fingerprint density at radius 1 is 1.40 bits per heavy atom. The highest BCUT2D eigenvalue weighted by Crippen LogP contribution is 2.40. The molecular formula is C9H15NO4S. The SMILES string of the molecule is CC1(C)C(=O)N([C@H]2CCC[C@@H]2O)S1(=O)=O. The molecule has 2 fully saturated rings. The molecule has 1 aliphatic heterocycles. The van der Waals surface area contributed by atoms with Crippen molar-refractivity contribution in [1.29, 1.82) is 0 Å². The standard InChI is InChI=1S/C9H15NO4S/c1-9(2)8(12)10(15(9,13)14)6-4-3-5-7(6)11/h6-7,11H,3-5H2,1-2H3/t6-,7-/m0/s1. The van der Waals surface area contributed by atoms with E-state index < -0.39 is 32.8 Å². The smallest absolute Gasteiger partial charge is 0.259 e. The summed E-state index contributed by atoms with van der Waals surface area (Å²) in [7, 11) is -3.54. The van der Waals surface area contributed by atoms with Crippen molar-refractivity contribution < 1.29 is 18.3 Å². The highest BCUT2D eigenvalue weighted by molar-refractivity contribution is 7.94. The van der Waals surface area contributed by atoms with Crippen molar-refractivity contribution in [2.75, 3.05) is 0 Å². The van der Waals surface area contributed by atoms with Crippen LogP contribution in [0.15, 0.2) is 0 Å². The third-order valence-electron chi connectivity index (χ3n) is 3.36. The van der Waals surface area contributed by atoms with E-state index in [1.807, 2.05) is 0 Å². The van der Waals surface area contributed by atoms with Gasteiger partial charge in [0.1, 0.15) is 0 Å². The van der Waals surface area contributed by atoms with Crippen LogP contribution in [0.4, 0.5) is 0 Å². The van der Waals surface area contributed by atoms with Crippen LogP contribution >= 0.6 is 0 Å². The number of rotatable bonds is 1. The number of carbonyl (C=O) groups is 1. The zero-order valence-electron chi connectivity index (χ0n) is 8.80. The average molecular weight is 233 g/mol. The van der Waals surface area contributed by atoms with Crippen LogP contribution in [-0.4, -0.2) is 40.6 Å². The molecule has 0 spiro atoms. The number of hydrogen-bond donors (Lipinski definition) is 1. The molecule has 5 nitrogen and oxygen atoms in total. The summed E-state index contributed by atoms with van der Waals surface area (Å²) in [6, 6.07) is -0.532. The molecule has 2 aliphatic rings. The summed E-state index contributed by atoms with van der Waals surface area (Å²) < 4.78 is 23.2. The van der Waals surface area contributed by atoms with E-state index in [0.717, 1.165) is 10.7 Å². The fourth-order valence-corrected chi connectivity index (χ4v) is 3.94. The van der Waals surface area contributed by atoms with Gasteiger partial charge in [0.2, 0.25) is 0 Å². The molecule has 0 aromatic rings. The number of aliphatic hydroxyl groups is 1. The van der Waals surface area contributed by atoms with Crippen molar-refractivity contribution in [3.63, 3.8) is 0 Å². The summed E-state index contributed by atoms with van der Waals surface area (Å²) >= 11 is 0. The second kappa shape index (κ2) is 2.95. The lowest BCUT2D eigenvalue weighted by atomic mass is 10.1. The first-order valence-electron chi connectivity index (χ1n) is 5.06. The van der Waals surface area contributed by atoms with Gasteiger partial charge in [-0.15, -0.1) is 0 Å². The fraction of sp³-hybridized carbons (Fsp3) is 0.889. The molecule has 0 unspecified atom stereocenters. The first kappa shape index (κ1) is 10.9. The first-order valence-corrected chi connectivity index (χ1v) is 6.50. The third-order valence-corrected chi connectivity index (χ3v) is 5.78. The maximum Gasteiger partial charge on any atom is 0.259 e. The Balaban J connectivity index is 2.30. The van der Waals surface area contributed by atoms with E-state index in [-0.39, 0.29) is 0 Å². The number of nitrogens with zero attached hydrogens (tertiary/aromatic N) is 1. The lowest BCUT2D eigenvalue weighted by Gasteiger charge is -2.46. The predicted octanol–water partition coefficient (Wildman–Crippen LogP) is -0.150. The highest BCUT2D eigenvalue weighted by Gasteiger charge is 2.63. The van der Waals surface area contributed by atoms with Crippen LogP contribution in [0.5, 0.6) is 0 Å². The Kier molecular flexibility index (Phi) is 2.14. The van der Waals surface area contributed by atoms with E-state index in [1.54, 1.807) is 0 Å². The molecule has 0 bridgehead atoms. The van der Waals surface area contributed by atoms with Gasteiger partial charge in [0, 0.05) is 0 Å². The van der Waals surface area contributed by atoms with Crippen LogP contribution < -0.4 is 0 Å². The largest absolute Gasteiger partial charge is 0.391 e. The molecule has 86 valence electrons. The van der Waals surface area contributed by atoms with E-state index in [9.17, 15) is 18.3 Å². The Labute approximate surface area is 89.1 Å². The Bertz CT molecular complexity index is 400. The fourth-order valence-electron chi connectivity index (χ4n) is 2.21. The van der Waals surface area contributed by atoms with Gasteiger partial charge in [0.25, 0.3) is 15.9 Å². The third kappa shape index (κ3) is 1.18. The zero-order valence-corrected chi connectivity index (χ0v) is 9.62. The number of sulfonamides is 1. The van der Waals surface area contributed by atoms with Gasteiger partial charge in [0.05, 0.1) is 12.1 Å². The van der Waals surface area contributed by atoms with Crippen LogP contribution in [0.3, 0.4) is 0 Å². The van der Waals surface area contributed by atoms with Crippen molar-refractivity contribution in [2.45, 2.75) is 50.0 Å². The minimum Gasteiger partial charge on any atom is -0.391 e. The molecule has 0 radical (unpaired) electrons. The van der Waals surface area contributed by atoms with E-state index in [4.69, 9.17) is 0 Å². The number of aliphatic hydroxyl groups excluding tert-OH is 1. The van der Waals surface area contributed by atoms with Gasteiger partial charge in [0.15, 0.2) is 4.75 Å². The predicted molar refractivity (Wildman–Crippen MR) is 53.5 cm³/mol. The van der Waals surface area contributed by atoms with Gasteiger partial charge in [-0.1, -0.05) is 0 Å². The molecule has 1 heterocycles. The van der Waals surface area contributed by atoms with Gasteiger partial charge < -0.3 is 5.11 Å². The van der Waals surface area contributed by atoms with Crippen molar-refractivity contribution in [1.82, 2.24) is 4.31 Å². The molecule has 1 saturated heterocycles. The topological polar surface area (TPSA) is 74.7 Å². The maximum absolute atomic E-state index is 11.8. The summed E-state index contributed by atoms with van der Waals surface area (Å²) in [4.78, 5) is 11.7. The quantitative estimate of drug-likeness (QED) is 0.683. The van der Waals surface area contributed by atoms with Gasteiger partial charge in [-0.05, 0) is 33.1 Å². The molecule has 1 N–H and O–H groups in total. The highest BCUT2D eigenvalue weighted by atomic mass is 32.2. The Morgan fingerprint density at radius 3 is 2.40 bits per heavy atom. The molecular weight excluding hydrogens is 218 g/mol. The van der Waals surface area contributed by atoms with Crippen LogP contribution in [0, 0.1) is 0 Å². The summed E-state index contributed by atoms with van der Waals surface area (Å²) in [5.41, 5.74) is 0. The van der Waals surface area contributed by atoms with E-state index in [2.05, 4.69) is 0 Å². The number of hydrogen-bond acceptors (Lipinski definition) is 4. The van der Waals surface area contributed by atoms with Crippen LogP contribution in [-0.2, 0) is 14.8 Å². The van der Waals surface area contributed by atoms with Gasteiger partial charge in [-0.3, -0.25) is 4.79 Å². The zero-order chi connectivity index (χ0) is 11.4. The van der Waals surface area contributed by atoms with E-state index in [1.165, 1.54) is 13.8 Å². The van der Waals surface area contributed by atoms with Gasteiger partial charge in [-0.25, -0.2) is 12.7 Å². The van der Waals surface area contributed by atoms with Crippen molar-refractivity contribution in [2.24, 2.45) is 0 Å². The molecule has 6 heteroatoms. The molecule has 15 heavy (non-hydrogen) atoms. The second-order valence-electron chi connectivity index (χ2n) is 4.68. The Hall–Kier alpha value is -0.620. The van der Waals surface area contributed by atoms with Crippen LogP contribution in [0.2, 0.25) is 0 Å². The minimum absolute atomic E-state index is 0.395. The van der Waals surface area contributed by atoms with Crippen LogP contribution in [0.25, 0.3) is 0 Å². The van der Waals surface area contributed by atoms with Crippen LogP contribution in [0.1, 0.15) is 33.1 Å². The van der Waals surface area contributed by atoms with E-state index in [0.29, 0.717) is 12.8 Å². The van der Waals surface area contributed by atoms with Crippen molar-refractivity contribution in [3.8, 4) is 0 Å². The molecule has 0 aromatic carbocycles. The number of carbonyl (C=O) groups excluding carboxylic acids is 1. The van der Waals surface area contributed by atoms with Crippen molar-refractivity contribution in [3.05, 3.63) is 0 Å².